The van der Waals surface area contributed by atoms with Crippen LogP contribution in [0.2, 0.25) is 0 Å². The molecule has 0 bridgehead atoms. The van der Waals surface area contributed by atoms with Crippen LogP contribution in [0.25, 0.3) is 0 Å². The molecular formula is C13H24N6O2. The number of unbranched alkanes of at least 4 members (excludes halogenated alkanes) is 1. The molecule has 8 nitrogen and oxygen atoms in total. The van der Waals surface area contributed by atoms with Crippen molar-refractivity contribution < 1.29 is 4.92 Å². The first-order chi connectivity index (χ1) is 9.97. The normalized spacial score (nSPS) is 11.0. The molecule has 0 aromatic carbocycles. The van der Waals surface area contributed by atoms with Gasteiger partial charge in [-0.3, -0.25) is 10.1 Å². The zero-order valence-corrected chi connectivity index (χ0v) is 13.1. The SMILES string of the molecule is CNc1ncnc(NCCCCN(C)C(C)C)c1[N+](=O)[O-]. The summed E-state index contributed by atoms with van der Waals surface area (Å²) < 4.78 is 0. The molecule has 1 aromatic rings. The van der Waals surface area contributed by atoms with Gasteiger partial charge < -0.3 is 15.5 Å². The summed E-state index contributed by atoms with van der Waals surface area (Å²) in [5, 5.41) is 16.8. The van der Waals surface area contributed by atoms with Gasteiger partial charge in [-0.25, -0.2) is 9.97 Å². The highest BCUT2D eigenvalue weighted by Gasteiger charge is 2.21. The Morgan fingerprint density at radius 1 is 1.33 bits per heavy atom. The van der Waals surface area contributed by atoms with Gasteiger partial charge in [-0.2, -0.15) is 0 Å². The summed E-state index contributed by atoms with van der Waals surface area (Å²) in [4.78, 5) is 20.7. The van der Waals surface area contributed by atoms with Crippen LogP contribution in [0.3, 0.4) is 0 Å². The average molecular weight is 296 g/mol. The van der Waals surface area contributed by atoms with Gasteiger partial charge in [0, 0.05) is 19.6 Å². The number of anilines is 2. The molecule has 0 radical (unpaired) electrons. The van der Waals surface area contributed by atoms with Crippen molar-refractivity contribution >= 4 is 17.3 Å². The molecule has 1 aromatic heterocycles. The average Bonchev–Trinajstić information content (AvgIpc) is 2.45. The van der Waals surface area contributed by atoms with Crippen LogP contribution >= 0.6 is 0 Å². The predicted octanol–water partition coefficient (Wildman–Crippen LogP) is 1.96. The third kappa shape index (κ3) is 5.14. The Hall–Kier alpha value is -1.96. The second-order valence-electron chi connectivity index (χ2n) is 5.13. The van der Waals surface area contributed by atoms with Crippen molar-refractivity contribution in [1.82, 2.24) is 14.9 Å². The van der Waals surface area contributed by atoms with Gasteiger partial charge in [0.05, 0.1) is 4.92 Å². The summed E-state index contributed by atoms with van der Waals surface area (Å²) in [6, 6.07) is 0.527. The molecule has 8 heteroatoms. The van der Waals surface area contributed by atoms with Crippen LogP contribution in [-0.2, 0) is 0 Å². The van der Waals surface area contributed by atoms with Gasteiger partial charge in [0.1, 0.15) is 6.33 Å². The number of nitro groups is 1. The molecule has 0 saturated carbocycles. The van der Waals surface area contributed by atoms with Crippen molar-refractivity contribution in [2.45, 2.75) is 32.7 Å². The van der Waals surface area contributed by atoms with Crippen LogP contribution in [0.15, 0.2) is 6.33 Å². The molecule has 2 N–H and O–H groups in total. The fourth-order valence-corrected chi connectivity index (χ4v) is 1.82. The lowest BCUT2D eigenvalue weighted by Crippen LogP contribution is -2.27. The fourth-order valence-electron chi connectivity index (χ4n) is 1.82. The highest BCUT2D eigenvalue weighted by molar-refractivity contribution is 5.68. The first-order valence-corrected chi connectivity index (χ1v) is 7.08. The summed E-state index contributed by atoms with van der Waals surface area (Å²) in [6.07, 6.45) is 3.26. The minimum atomic E-state index is -0.472. The number of rotatable bonds is 9. The van der Waals surface area contributed by atoms with E-state index in [1.807, 2.05) is 0 Å². The van der Waals surface area contributed by atoms with Crippen LogP contribution in [0, 0.1) is 10.1 Å². The lowest BCUT2D eigenvalue weighted by atomic mass is 10.2. The summed E-state index contributed by atoms with van der Waals surface area (Å²) >= 11 is 0. The van der Waals surface area contributed by atoms with Gasteiger partial charge in [-0.15, -0.1) is 0 Å². The highest BCUT2D eigenvalue weighted by atomic mass is 16.6. The number of nitrogens with one attached hydrogen (secondary N) is 2. The zero-order valence-electron chi connectivity index (χ0n) is 13.1. The van der Waals surface area contributed by atoms with Gasteiger partial charge in [0.2, 0.25) is 11.6 Å². The number of hydrogen-bond donors (Lipinski definition) is 2. The van der Waals surface area contributed by atoms with Crippen LogP contribution in [0.4, 0.5) is 17.3 Å². The molecule has 118 valence electrons. The number of nitrogens with zero attached hydrogens (tertiary/aromatic N) is 4. The Kier molecular flexibility index (Phi) is 6.80. The van der Waals surface area contributed by atoms with Crippen LogP contribution in [0.5, 0.6) is 0 Å². The second kappa shape index (κ2) is 8.35. The largest absolute Gasteiger partial charge is 0.367 e. The Labute approximate surface area is 125 Å². The van der Waals surface area contributed by atoms with E-state index in [0.717, 1.165) is 19.4 Å². The molecule has 0 amide bonds. The van der Waals surface area contributed by atoms with Gasteiger partial charge in [-0.05, 0) is 40.3 Å². The molecule has 0 atom stereocenters. The second-order valence-corrected chi connectivity index (χ2v) is 5.13. The Morgan fingerprint density at radius 3 is 2.57 bits per heavy atom. The summed E-state index contributed by atoms with van der Waals surface area (Å²) in [5.74, 6) is 0.480. The maximum atomic E-state index is 11.1. The molecule has 0 aliphatic rings. The first-order valence-electron chi connectivity index (χ1n) is 7.08. The maximum Gasteiger partial charge on any atom is 0.353 e. The highest BCUT2D eigenvalue weighted by Crippen LogP contribution is 2.28. The van der Waals surface area contributed by atoms with E-state index in [9.17, 15) is 10.1 Å². The predicted molar refractivity (Wildman–Crippen MR) is 83.7 cm³/mol. The van der Waals surface area contributed by atoms with E-state index in [-0.39, 0.29) is 17.3 Å². The first kappa shape index (κ1) is 17.1. The topological polar surface area (TPSA) is 96.2 Å². The summed E-state index contributed by atoms with van der Waals surface area (Å²) in [5.41, 5.74) is -0.112. The van der Waals surface area contributed by atoms with Crippen molar-refractivity contribution in [3.8, 4) is 0 Å². The van der Waals surface area contributed by atoms with Crippen LogP contribution < -0.4 is 10.6 Å². The standard InChI is InChI=1S/C13H24N6O2/c1-10(2)18(4)8-6-5-7-15-13-11(19(20)21)12(14-3)16-9-17-13/h9-10H,5-8H2,1-4H3,(H2,14,15,16,17). The van der Waals surface area contributed by atoms with E-state index < -0.39 is 4.92 Å². The van der Waals surface area contributed by atoms with Gasteiger partial charge >= 0.3 is 5.69 Å². The molecule has 1 heterocycles. The minimum Gasteiger partial charge on any atom is -0.367 e. The van der Waals surface area contributed by atoms with E-state index >= 15 is 0 Å². The molecule has 0 unspecified atom stereocenters. The lowest BCUT2D eigenvalue weighted by Gasteiger charge is -2.20. The number of hydrogen-bond acceptors (Lipinski definition) is 7. The zero-order chi connectivity index (χ0) is 15.8. The number of aromatic nitrogens is 2. The van der Waals surface area contributed by atoms with Gasteiger partial charge in [-0.1, -0.05) is 0 Å². The Bertz CT molecular complexity index is 466. The van der Waals surface area contributed by atoms with E-state index in [1.165, 1.54) is 6.33 Å². The molecule has 0 aliphatic carbocycles. The molecule has 0 saturated heterocycles. The Morgan fingerprint density at radius 2 is 2.00 bits per heavy atom. The third-order valence-electron chi connectivity index (χ3n) is 3.35. The molecule has 1 rings (SSSR count). The smallest absolute Gasteiger partial charge is 0.353 e. The summed E-state index contributed by atoms with van der Waals surface area (Å²) in [6.45, 7) is 5.96. The van der Waals surface area contributed by atoms with Gasteiger partial charge in [0.25, 0.3) is 0 Å². The van der Waals surface area contributed by atoms with Crippen molar-refractivity contribution in [1.29, 1.82) is 0 Å². The molecule has 21 heavy (non-hydrogen) atoms. The van der Waals surface area contributed by atoms with Crippen molar-refractivity contribution in [2.75, 3.05) is 37.8 Å². The molecule has 0 aliphatic heterocycles. The van der Waals surface area contributed by atoms with Crippen molar-refractivity contribution in [2.24, 2.45) is 0 Å². The lowest BCUT2D eigenvalue weighted by molar-refractivity contribution is -0.383. The van der Waals surface area contributed by atoms with Gasteiger partial charge in [0.15, 0.2) is 0 Å². The minimum absolute atomic E-state index is 0.112. The fraction of sp³-hybridized carbons (Fsp3) is 0.692. The molecular weight excluding hydrogens is 272 g/mol. The Balaban J connectivity index is 2.51. The monoisotopic (exact) mass is 296 g/mol. The van der Waals surface area contributed by atoms with E-state index in [2.05, 4.69) is 46.4 Å². The quantitative estimate of drug-likeness (QED) is 0.408. The van der Waals surface area contributed by atoms with Crippen LogP contribution in [-0.4, -0.2) is 53.0 Å². The van der Waals surface area contributed by atoms with E-state index in [0.29, 0.717) is 12.6 Å². The maximum absolute atomic E-state index is 11.1. The third-order valence-corrected chi connectivity index (χ3v) is 3.35. The summed E-state index contributed by atoms with van der Waals surface area (Å²) in [7, 11) is 3.69. The molecule has 0 spiro atoms. The van der Waals surface area contributed by atoms with E-state index in [4.69, 9.17) is 0 Å². The van der Waals surface area contributed by atoms with Crippen LogP contribution in [0.1, 0.15) is 26.7 Å². The molecule has 0 fully saturated rings. The van der Waals surface area contributed by atoms with Crippen molar-refractivity contribution in [3.05, 3.63) is 16.4 Å². The van der Waals surface area contributed by atoms with Crippen molar-refractivity contribution in [3.63, 3.8) is 0 Å². The van der Waals surface area contributed by atoms with E-state index in [1.54, 1.807) is 7.05 Å².